The largest absolute Gasteiger partial charge is 0.391 e. The predicted molar refractivity (Wildman–Crippen MR) is 68.3 cm³/mol. The average molecular weight is 261 g/mol. The molecule has 16 heavy (non-hydrogen) atoms. The minimum atomic E-state index is -0.0172. The van der Waals surface area contributed by atoms with E-state index in [1.165, 1.54) is 24.2 Å². The third-order valence-corrected chi connectivity index (χ3v) is 4.08. The summed E-state index contributed by atoms with van der Waals surface area (Å²) in [6.45, 7) is 5.41. The van der Waals surface area contributed by atoms with Gasteiger partial charge in [-0.2, -0.15) is 0 Å². The second-order valence-electron chi connectivity index (χ2n) is 4.65. The molecule has 1 aromatic heterocycles. The highest BCUT2D eigenvalue weighted by Gasteiger charge is 2.31. The molecule has 90 valence electrons. The van der Waals surface area contributed by atoms with Gasteiger partial charge in [-0.3, -0.25) is 0 Å². The zero-order valence-electron chi connectivity index (χ0n) is 9.61. The number of aliphatic hydroxyl groups excluding tert-OH is 1. The van der Waals surface area contributed by atoms with Crippen LogP contribution in [0, 0.1) is 5.92 Å². The molecule has 2 rings (SSSR count). The highest BCUT2D eigenvalue weighted by Crippen LogP contribution is 2.37. The molecule has 3 nitrogen and oxygen atoms in total. The normalized spacial score (nSPS) is 15.8. The van der Waals surface area contributed by atoms with E-state index in [-0.39, 0.29) is 6.61 Å². The standard InChI is InChI=1S/C11H17ClN2OS/c1-7(2)5-14(8-3-4-8)11-13-10(12)9(6-15)16-11/h7-8,15H,3-6H2,1-2H3. The molecule has 0 aliphatic heterocycles. The first kappa shape index (κ1) is 12.1. The van der Waals surface area contributed by atoms with Crippen molar-refractivity contribution < 1.29 is 5.11 Å². The zero-order valence-corrected chi connectivity index (χ0v) is 11.2. The van der Waals surface area contributed by atoms with E-state index in [4.69, 9.17) is 16.7 Å². The number of aromatic nitrogens is 1. The number of anilines is 1. The molecule has 0 atom stereocenters. The van der Waals surface area contributed by atoms with E-state index in [2.05, 4.69) is 23.7 Å². The van der Waals surface area contributed by atoms with Gasteiger partial charge >= 0.3 is 0 Å². The number of rotatable bonds is 5. The molecule has 0 unspecified atom stereocenters. The Morgan fingerprint density at radius 2 is 2.25 bits per heavy atom. The fourth-order valence-corrected chi connectivity index (χ4v) is 2.90. The van der Waals surface area contributed by atoms with Gasteiger partial charge in [0.2, 0.25) is 0 Å². The Bertz CT molecular complexity index is 363. The van der Waals surface area contributed by atoms with Crippen LogP contribution in [0.3, 0.4) is 0 Å². The molecule has 0 amide bonds. The van der Waals surface area contributed by atoms with Gasteiger partial charge < -0.3 is 10.0 Å². The Morgan fingerprint density at radius 3 is 2.69 bits per heavy atom. The van der Waals surface area contributed by atoms with Crippen LogP contribution in [-0.2, 0) is 6.61 Å². The summed E-state index contributed by atoms with van der Waals surface area (Å²) >= 11 is 7.47. The Hall–Kier alpha value is -0.320. The third-order valence-electron chi connectivity index (χ3n) is 2.58. The number of aliphatic hydroxyl groups is 1. The molecule has 1 N–H and O–H groups in total. The highest BCUT2D eigenvalue weighted by atomic mass is 35.5. The van der Waals surface area contributed by atoms with Crippen molar-refractivity contribution in [1.82, 2.24) is 4.98 Å². The van der Waals surface area contributed by atoms with Gasteiger partial charge in [-0.15, -0.1) is 0 Å². The molecule has 1 saturated carbocycles. The summed E-state index contributed by atoms with van der Waals surface area (Å²) < 4.78 is 0. The quantitative estimate of drug-likeness (QED) is 0.884. The highest BCUT2D eigenvalue weighted by molar-refractivity contribution is 7.16. The SMILES string of the molecule is CC(C)CN(c1nc(Cl)c(CO)s1)C1CC1. The second kappa shape index (κ2) is 4.90. The van der Waals surface area contributed by atoms with E-state index in [9.17, 15) is 0 Å². The van der Waals surface area contributed by atoms with Crippen molar-refractivity contribution in [1.29, 1.82) is 0 Å². The predicted octanol–water partition coefficient (Wildman–Crippen LogP) is 2.91. The fraction of sp³-hybridized carbons (Fsp3) is 0.727. The summed E-state index contributed by atoms with van der Waals surface area (Å²) in [6.07, 6.45) is 2.50. The van der Waals surface area contributed by atoms with Crippen LogP contribution in [-0.4, -0.2) is 22.7 Å². The van der Waals surface area contributed by atoms with Crippen LogP contribution in [0.25, 0.3) is 0 Å². The van der Waals surface area contributed by atoms with Crippen molar-refractivity contribution in [2.45, 2.75) is 39.3 Å². The maximum absolute atomic E-state index is 9.12. The summed E-state index contributed by atoms with van der Waals surface area (Å²) in [6, 6.07) is 0.635. The first-order chi connectivity index (χ1) is 7.61. The van der Waals surface area contributed by atoms with Crippen LogP contribution in [0.5, 0.6) is 0 Å². The lowest BCUT2D eigenvalue weighted by atomic mass is 10.2. The first-order valence-electron chi connectivity index (χ1n) is 5.64. The summed E-state index contributed by atoms with van der Waals surface area (Å²) in [4.78, 5) is 7.45. The Balaban J connectivity index is 2.17. The lowest BCUT2D eigenvalue weighted by Crippen LogP contribution is -2.29. The van der Waals surface area contributed by atoms with Crippen LogP contribution >= 0.6 is 22.9 Å². The Morgan fingerprint density at radius 1 is 1.56 bits per heavy atom. The summed E-state index contributed by atoms with van der Waals surface area (Å²) in [7, 11) is 0. The van der Waals surface area contributed by atoms with Crippen molar-refractivity contribution in [3.8, 4) is 0 Å². The molecule has 1 aliphatic rings. The van der Waals surface area contributed by atoms with E-state index >= 15 is 0 Å². The third kappa shape index (κ3) is 2.67. The molecular formula is C11H17ClN2OS. The van der Waals surface area contributed by atoms with Crippen LogP contribution < -0.4 is 4.90 Å². The van der Waals surface area contributed by atoms with Gasteiger partial charge in [-0.25, -0.2) is 4.98 Å². The molecular weight excluding hydrogens is 244 g/mol. The van der Waals surface area contributed by atoms with Gasteiger partial charge in [0, 0.05) is 12.6 Å². The molecule has 0 bridgehead atoms. The maximum Gasteiger partial charge on any atom is 0.187 e. The molecule has 0 spiro atoms. The fourth-order valence-electron chi connectivity index (χ4n) is 1.70. The first-order valence-corrected chi connectivity index (χ1v) is 6.84. The number of hydrogen-bond acceptors (Lipinski definition) is 4. The summed E-state index contributed by atoms with van der Waals surface area (Å²) in [5.41, 5.74) is 0. The molecule has 1 fully saturated rings. The van der Waals surface area contributed by atoms with Gasteiger partial charge in [0.15, 0.2) is 5.13 Å². The lowest BCUT2D eigenvalue weighted by molar-refractivity contribution is 0.285. The summed E-state index contributed by atoms with van der Waals surface area (Å²) in [5.74, 6) is 0.612. The maximum atomic E-state index is 9.12. The van der Waals surface area contributed by atoms with Gasteiger partial charge in [-0.05, 0) is 18.8 Å². The van der Waals surface area contributed by atoms with Crippen molar-refractivity contribution in [3.05, 3.63) is 10.0 Å². The molecule has 5 heteroatoms. The molecule has 0 saturated heterocycles. The van der Waals surface area contributed by atoms with Gasteiger partial charge in [0.1, 0.15) is 5.15 Å². The van der Waals surface area contributed by atoms with Crippen molar-refractivity contribution in [2.24, 2.45) is 5.92 Å². The van der Waals surface area contributed by atoms with Gasteiger partial charge in [0.25, 0.3) is 0 Å². The van der Waals surface area contributed by atoms with E-state index in [1.807, 2.05) is 0 Å². The smallest absolute Gasteiger partial charge is 0.187 e. The van der Waals surface area contributed by atoms with E-state index < -0.39 is 0 Å². The minimum Gasteiger partial charge on any atom is -0.391 e. The molecule has 1 aliphatic carbocycles. The number of halogens is 1. The van der Waals surface area contributed by atoms with Crippen molar-refractivity contribution in [2.75, 3.05) is 11.4 Å². The Kier molecular flexibility index (Phi) is 3.72. The minimum absolute atomic E-state index is 0.0172. The van der Waals surface area contributed by atoms with Crippen LogP contribution in [0.4, 0.5) is 5.13 Å². The van der Waals surface area contributed by atoms with Gasteiger partial charge in [0.05, 0.1) is 11.5 Å². The van der Waals surface area contributed by atoms with Crippen LogP contribution in [0.2, 0.25) is 5.15 Å². The monoisotopic (exact) mass is 260 g/mol. The lowest BCUT2D eigenvalue weighted by Gasteiger charge is -2.23. The van der Waals surface area contributed by atoms with Crippen molar-refractivity contribution >= 4 is 28.1 Å². The van der Waals surface area contributed by atoms with Crippen LogP contribution in [0.15, 0.2) is 0 Å². The number of hydrogen-bond donors (Lipinski definition) is 1. The van der Waals surface area contributed by atoms with Crippen LogP contribution in [0.1, 0.15) is 31.6 Å². The van der Waals surface area contributed by atoms with E-state index in [0.29, 0.717) is 17.1 Å². The topological polar surface area (TPSA) is 36.4 Å². The molecule has 1 aromatic rings. The van der Waals surface area contributed by atoms with E-state index in [0.717, 1.165) is 16.6 Å². The summed E-state index contributed by atoms with van der Waals surface area (Å²) in [5, 5.41) is 10.5. The van der Waals surface area contributed by atoms with E-state index in [1.54, 1.807) is 0 Å². The van der Waals surface area contributed by atoms with Gasteiger partial charge in [-0.1, -0.05) is 36.8 Å². The second-order valence-corrected chi connectivity index (χ2v) is 6.07. The molecule has 1 heterocycles. The zero-order chi connectivity index (χ0) is 11.7. The number of thiazole rings is 1. The molecule has 0 aromatic carbocycles. The Labute approximate surface area is 105 Å². The number of nitrogens with zero attached hydrogens (tertiary/aromatic N) is 2. The van der Waals surface area contributed by atoms with Crippen molar-refractivity contribution in [3.63, 3.8) is 0 Å². The average Bonchev–Trinajstić information content (AvgIpc) is 2.98. The molecule has 0 radical (unpaired) electrons.